The molecule has 3 aromatic rings. The van der Waals surface area contributed by atoms with Crippen LogP contribution in [-0.2, 0) is 20.7 Å². The quantitative estimate of drug-likeness (QED) is 0.331. The van der Waals surface area contributed by atoms with Gasteiger partial charge in [0.15, 0.2) is 0 Å². The molecule has 9 heteroatoms. The van der Waals surface area contributed by atoms with Crippen molar-refractivity contribution < 1.29 is 27.6 Å². The standard InChI is InChI=1S/C23H28N2O6S/c1-16-7-9-18(10-8-16)32(28,29)31-15-21(27)20(26)6-4-3-5-17-13-14-24-19-11-12-22(30-2)25-23(17)19/h7-14,20-21,26-27H,3-6,15H2,1-2H3/t20-,21+/m1/s1. The second-order valence-corrected chi connectivity index (χ2v) is 9.24. The van der Waals surface area contributed by atoms with Crippen LogP contribution in [0.15, 0.2) is 53.6 Å². The number of pyridine rings is 2. The molecule has 0 bridgehead atoms. The van der Waals surface area contributed by atoms with Crippen LogP contribution >= 0.6 is 0 Å². The number of hydrogen-bond acceptors (Lipinski definition) is 8. The van der Waals surface area contributed by atoms with E-state index in [9.17, 15) is 18.6 Å². The highest BCUT2D eigenvalue weighted by Gasteiger charge is 2.22. The number of hydrogen-bond donors (Lipinski definition) is 2. The monoisotopic (exact) mass is 460 g/mol. The maximum absolute atomic E-state index is 12.2. The third-order valence-corrected chi connectivity index (χ3v) is 6.49. The van der Waals surface area contributed by atoms with Gasteiger partial charge < -0.3 is 14.9 Å². The van der Waals surface area contributed by atoms with E-state index in [2.05, 4.69) is 9.97 Å². The molecule has 0 amide bonds. The van der Waals surface area contributed by atoms with E-state index in [1.54, 1.807) is 31.5 Å². The summed E-state index contributed by atoms with van der Waals surface area (Å²) in [5.74, 6) is 0.519. The summed E-state index contributed by atoms with van der Waals surface area (Å²) in [7, 11) is -2.43. The van der Waals surface area contributed by atoms with Crippen molar-refractivity contribution in [2.24, 2.45) is 0 Å². The average molecular weight is 461 g/mol. The Kier molecular flexibility index (Phi) is 8.14. The fraction of sp³-hybridized carbons (Fsp3) is 0.391. The van der Waals surface area contributed by atoms with Crippen molar-refractivity contribution in [2.75, 3.05) is 13.7 Å². The molecule has 2 aromatic heterocycles. The Labute approximate surface area is 188 Å². The molecule has 1 aromatic carbocycles. The molecule has 0 aliphatic carbocycles. The summed E-state index contributed by atoms with van der Waals surface area (Å²) in [6.45, 7) is 1.35. The second kappa shape index (κ2) is 10.8. The van der Waals surface area contributed by atoms with E-state index in [1.165, 1.54) is 12.1 Å². The highest BCUT2D eigenvalue weighted by atomic mass is 32.2. The summed E-state index contributed by atoms with van der Waals surface area (Å²) >= 11 is 0. The zero-order chi connectivity index (χ0) is 23.1. The number of aryl methyl sites for hydroxylation is 2. The molecule has 0 saturated heterocycles. The number of rotatable bonds is 11. The number of unbranched alkanes of at least 4 members (excludes halogenated alkanes) is 1. The Morgan fingerprint density at radius 1 is 1.00 bits per heavy atom. The first-order valence-electron chi connectivity index (χ1n) is 10.4. The molecule has 2 N–H and O–H groups in total. The van der Waals surface area contributed by atoms with E-state index in [0.29, 0.717) is 18.7 Å². The minimum Gasteiger partial charge on any atom is -0.481 e. The van der Waals surface area contributed by atoms with Crippen molar-refractivity contribution in [3.63, 3.8) is 0 Å². The highest BCUT2D eigenvalue weighted by molar-refractivity contribution is 7.86. The summed E-state index contributed by atoms with van der Waals surface area (Å²) in [4.78, 5) is 8.79. The summed E-state index contributed by atoms with van der Waals surface area (Å²) in [5, 5.41) is 20.3. The van der Waals surface area contributed by atoms with Crippen molar-refractivity contribution in [3.8, 4) is 5.88 Å². The molecule has 0 aliphatic heterocycles. The van der Waals surface area contributed by atoms with Gasteiger partial charge in [0.25, 0.3) is 10.1 Å². The van der Waals surface area contributed by atoms with Crippen molar-refractivity contribution in [2.45, 2.75) is 49.7 Å². The van der Waals surface area contributed by atoms with Crippen LogP contribution in [0.4, 0.5) is 0 Å². The summed E-state index contributed by atoms with van der Waals surface area (Å²) in [5.41, 5.74) is 3.51. The number of benzene rings is 1. The third-order valence-electron chi connectivity index (χ3n) is 5.19. The Balaban J connectivity index is 1.47. The Morgan fingerprint density at radius 2 is 1.75 bits per heavy atom. The summed E-state index contributed by atoms with van der Waals surface area (Å²) in [6.07, 6.45) is 1.77. The summed E-state index contributed by atoms with van der Waals surface area (Å²) < 4.78 is 34.5. The normalized spacial score (nSPS) is 13.8. The molecular weight excluding hydrogens is 432 g/mol. The molecule has 0 aliphatic rings. The van der Waals surface area contributed by atoms with Crippen molar-refractivity contribution in [3.05, 3.63) is 59.8 Å². The van der Waals surface area contributed by atoms with E-state index in [1.807, 2.05) is 19.1 Å². The molecule has 32 heavy (non-hydrogen) atoms. The lowest BCUT2D eigenvalue weighted by molar-refractivity contribution is -0.0112. The van der Waals surface area contributed by atoms with Crippen LogP contribution in [0.2, 0.25) is 0 Å². The predicted molar refractivity (Wildman–Crippen MR) is 120 cm³/mol. The molecule has 3 rings (SSSR count). The molecule has 0 spiro atoms. The first kappa shape index (κ1) is 24.1. The smallest absolute Gasteiger partial charge is 0.297 e. The fourth-order valence-electron chi connectivity index (χ4n) is 3.28. The SMILES string of the molecule is COc1ccc2nccc(CCCC[C@@H](O)[C@@H](O)COS(=O)(=O)c3ccc(C)cc3)c2n1. The first-order chi connectivity index (χ1) is 15.3. The molecule has 0 saturated carbocycles. The largest absolute Gasteiger partial charge is 0.481 e. The van der Waals surface area contributed by atoms with Crippen molar-refractivity contribution >= 4 is 21.2 Å². The second-order valence-electron chi connectivity index (χ2n) is 7.62. The minimum atomic E-state index is -3.99. The van der Waals surface area contributed by atoms with E-state index in [-0.39, 0.29) is 4.90 Å². The predicted octanol–water partition coefficient (Wildman–Crippen LogP) is 2.79. The number of aliphatic hydroxyl groups is 2. The van der Waals surface area contributed by atoms with Gasteiger partial charge >= 0.3 is 0 Å². The number of aromatic nitrogens is 2. The van der Waals surface area contributed by atoms with Gasteiger partial charge in [-0.2, -0.15) is 8.42 Å². The van der Waals surface area contributed by atoms with E-state index >= 15 is 0 Å². The van der Waals surface area contributed by atoms with Gasteiger partial charge in [-0.25, -0.2) is 4.98 Å². The Morgan fingerprint density at radius 3 is 2.47 bits per heavy atom. The van der Waals surface area contributed by atoms with Gasteiger partial charge in [0.05, 0.1) is 35.7 Å². The Hall–Kier alpha value is -2.59. The van der Waals surface area contributed by atoms with Gasteiger partial charge in [0, 0.05) is 12.3 Å². The molecule has 2 atom stereocenters. The van der Waals surface area contributed by atoms with Crippen molar-refractivity contribution in [1.82, 2.24) is 9.97 Å². The molecular formula is C23H28N2O6S. The first-order valence-corrected chi connectivity index (χ1v) is 11.8. The molecule has 0 unspecified atom stereocenters. The van der Waals surface area contributed by atoms with E-state index in [0.717, 1.165) is 35.0 Å². The number of aliphatic hydroxyl groups excluding tert-OH is 2. The third kappa shape index (κ3) is 6.23. The lowest BCUT2D eigenvalue weighted by atomic mass is 10.0. The molecule has 0 fully saturated rings. The minimum absolute atomic E-state index is 0.0135. The topological polar surface area (TPSA) is 119 Å². The number of fused-ring (bicyclic) bond motifs is 1. The van der Waals surface area contributed by atoms with Crippen LogP contribution in [0.25, 0.3) is 11.0 Å². The summed E-state index contributed by atoms with van der Waals surface area (Å²) in [6, 6.07) is 11.7. The number of methoxy groups -OCH3 is 1. The van der Waals surface area contributed by atoms with Gasteiger partial charge in [-0.05, 0) is 56.0 Å². The van der Waals surface area contributed by atoms with Crippen LogP contribution in [0.1, 0.15) is 30.4 Å². The van der Waals surface area contributed by atoms with Crippen LogP contribution in [0.3, 0.4) is 0 Å². The van der Waals surface area contributed by atoms with Gasteiger partial charge in [0.2, 0.25) is 5.88 Å². The van der Waals surface area contributed by atoms with Gasteiger partial charge in [-0.1, -0.05) is 24.1 Å². The van der Waals surface area contributed by atoms with E-state index in [4.69, 9.17) is 8.92 Å². The maximum atomic E-state index is 12.2. The van der Waals surface area contributed by atoms with E-state index < -0.39 is 28.9 Å². The van der Waals surface area contributed by atoms with Crippen LogP contribution in [0.5, 0.6) is 5.88 Å². The molecule has 2 heterocycles. The molecule has 8 nitrogen and oxygen atoms in total. The Bertz CT molecular complexity index is 1130. The van der Waals surface area contributed by atoms with Crippen LogP contribution in [0, 0.1) is 6.92 Å². The lowest BCUT2D eigenvalue weighted by Crippen LogP contribution is -2.31. The number of ether oxygens (including phenoxy) is 1. The zero-order valence-corrected chi connectivity index (χ0v) is 19.0. The maximum Gasteiger partial charge on any atom is 0.297 e. The highest BCUT2D eigenvalue weighted by Crippen LogP contribution is 2.21. The number of nitrogens with zero attached hydrogens (tertiary/aromatic N) is 2. The molecule has 0 radical (unpaired) electrons. The zero-order valence-electron chi connectivity index (χ0n) is 18.1. The fourth-order valence-corrected chi connectivity index (χ4v) is 4.20. The molecule has 172 valence electrons. The van der Waals surface area contributed by atoms with Gasteiger partial charge in [-0.15, -0.1) is 0 Å². The lowest BCUT2D eigenvalue weighted by Gasteiger charge is -2.17. The average Bonchev–Trinajstić information content (AvgIpc) is 2.80. The van der Waals surface area contributed by atoms with Crippen molar-refractivity contribution in [1.29, 1.82) is 0 Å². The van der Waals surface area contributed by atoms with Crippen LogP contribution < -0.4 is 4.74 Å². The van der Waals surface area contributed by atoms with Crippen LogP contribution in [-0.4, -0.2) is 54.5 Å². The van der Waals surface area contributed by atoms with Gasteiger partial charge in [-0.3, -0.25) is 9.17 Å². The van der Waals surface area contributed by atoms with Gasteiger partial charge in [0.1, 0.15) is 6.10 Å².